The number of nitrogens with two attached hydrogens (primary N) is 1. The minimum Gasteiger partial charge on any atom is -0.383 e. The van der Waals surface area contributed by atoms with Crippen LogP contribution in [0.1, 0.15) is 52.4 Å². The van der Waals surface area contributed by atoms with Crippen molar-refractivity contribution in [2.24, 2.45) is 5.92 Å². The first-order valence-electron chi connectivity index (χ1n) is 7.92. The van der Waals surface area contributed by atoms with Crippen LogP contribution < -0.4 is 22.3 Å². The van der Waals surface area contributed by atoms with Crippen LogP contribution in [0.25, 0.3) is 0 Å². The maximum Gasteiger partial charge on any atom is 0.330 e. The zero-order valence-electron chi connectivity index (χ0n) is 12.9. The van der Waals surface area contributed by atoms with Crippen molar-refractivity contribution in [3.63, 3.8) is 0 Å². The zero-order chi connectivity index (χ0) is 15.4. The molecule has 0 radical (unpaired) electrons. The highest BCUT2D eigenvalue weighted by molar-refractivity contribution is 5.60. The average molecular weight is 294 g/mol. The normalized spacial score (nSPS) is 22.8. The van der Waals surface area contributed by atoms with Crippen LogP contribution in [-0.2, 0) is 6.54 Å². The van der Waals surface area contributed by atoms with Crippen molar-refractivity contribution in [1.29, 1.82) is 0 Å². The molecule has 1 aliphatic carbocycles. The molecule has 1 aliphatic rings. The van der Waals surface area contributed by atoms with E-state index in [1.807, 2.05) is 6.92 Å². The SMILES string of the molecule is CCCn1c(N)c(NC2CCCC(C)CC2)c(=O)[nH]c1=O. The molecule has 2 unspecified atom stereocenters. The number of hydrogen-bond donors (Lipinski definition) is 3. The predicted octanol–water partition coefficient (Wildman–Crippen LogP) is 1.91. The van der Waals surface area contributed by atoms with Gasteiger partial charge in [-0.25, -0.2) is 4.79 Å². The van der Waals surface area contributed by atoms with Crippen LogP contribution in [0.3, 0.4) is 0 Å². The van der Waals surface area contributed by atoms with E-state index in [2.05, 4.69) is 17.2 Å². The molecule has 0 amide bonds. The summed E-state index contributed by atoms with van der Waals surface area (Å²) in [4.78, 5) is 26.2. The van der Waals surface area contributed by atoms with Gasteiger partial charge in [0.05, 0.1) is 0 Å². The highest BCUT2D eigenvalue weighted by atomic mass is 16.2. The van der Waals surface area contributed by atoms with E-state index in [9.17, 15) is 9.59 Å². The summed E-state index contributed by atoms with van der Waals surface area (Å²) in [7, 11) is 0. The van der Waals surface area contributed by atoms with Crippen LogP contribution in [0.2, 0.25) is 0 Å². The molecule has 0 spiro atoms. The second kappa shape index (κ2) is 6.83. The molecule has 2 rings (SSSR count). The largest absolute Gasteiger partial charge is 0.383 e. The summed E-state index contributed by atoms with van der Waals surface area (Å²) >= 11 is 0. The maximum atomic E-state index is 12.0. The number of hydrogen-bond acceptors (Lipinski definition) is 4. The monoisotopic (exact) mass is 294 g/mol. The summed E-state index contributed by atoms with van der Waals surface area (Å²) in [5, 5.41) is 3.28. The van der Waals surface area contributed by atoms with Gasteiger partial charge in [-0.15, -0.1) is 0 Å². The lowest BCUT2D eigenvalue weighted by Crippen LogP contribution is -2.35. The Hall–Kier alpha value is -1.72. The number of aromatic amines is 1. The van der Waals surface area contributed by atoms with Gasteiger partial charge in [0, 0.05) is 12.6 Å². The van der Waals surface area contributed by atoms with E-state index in [0.717, 1.165) is 38.0 Å². The molecule has 4 N–H and O–H groups in total. The van der Waals surface area contributed by atoms with Crippen molar-refractivity contribution in [3.8, 4) is 0 Å². The summed E-state index contributed by atoms with van der Waals surface area (Å²) in [6.07, 6.45) is 6.41. The Morgan fingerprint density at radius 1 is 1.29 bits per heavy atom. The molecule has 0 aliphatic heterocycles. The van der Waals surface area contributed by atoms with Crippen LogP contribution in [-0.4, -0.2) is 15.6 Å². The molecule has 1 saturated carbocycles. The minimum atomic E-state index is -0.431. The second-order valence-electron chi connectivity index (χ2n) is 6.13. The van der Waals surface area contributed by atoms with Gasteiger partial charge in [0.1, 0.15) is 11.5 Å². The van der Waals surface area contributed by atoms with Gasteiger partial charge in [0.25, 0.3) is 5.56 Å². The van der Waals surface area contributed by atoms with Gasteiger partial charge in [-0.3, -0.25) is 14.3 Å². The van der Waals surface area contributed by atoms with E-state index < -0.39 is 11.2 Å². The first kappa shape index (κ1) is 15.7. The van der Waals surface area contributed by atoms with E-state index in [4.69, 9.17) is 5.73 Å². The molecule has 1 aromatic rings. The van der Waals surface area contributed by atoms with Crippen LogP contribution in [0.5, 0.6) is 0 Å². The number of nitrogens with one attached hydrogen (secondary N) is 2. The highest BCUT2D eigenvalue weighted by Gasteiger charge is 2.19. The van der Waals surface area contributed by atoms with E-state index >= 15 is 0 Å². The van der Waals surface area contributed by atoms with E-state index in [1.54, 1.807) is 0 Å². The summed E-state index contributed by atoms with van der Waals surface area (Å²) in [5.74, 6) is 0.990. The van der Waals surface area contributed by atoms with Crippen LogP contribution in [0.4, 0.5) is 11.5 Å². The third kappa shape index (κ3) is 3.68. The van der Waals surface area contributed by atoms with Crippen LogP contribution in [0.15, 0.2) is 9.59 Å². The number of rotatable bonds is 4. The molecule has 1 aromatic heterocycles. The number of nitrogen functional groups attached to an aromatic ring is 1. The van der Waals surface area contributed by atoms with E-state index in [-0.39, 0.29) is 11.9 Å². The van der Waals surface area contributed by atoms with Gasteiger partial charge < -0.3 is 11.1 Å². The van der Waals surface area contributed by atoms with Crippen molar-refractivity contribution in [2.75, 3.05) is 11.1 Å². The van der Waals surface area contributed by atoms with Gasteiger partial charge in [-0.2, -0.15) is 0 Å². The first-order chi connectivity index (χ1) is 10.0. The quantitative estimate of drug-likeness (QED) is 0.739. The van der Waals surface area contributed by atoms with Gasteiger partial charge >= 0.3 is 5.69 Å². The molecule has 1 heterocycles. The number of aromatic nitrogens is 2. The molecule has 2 atom stereocenters. The summed E-state index contributed by atoms with van der Waals surface area (Å²) in [5.41, 5.74) is 5.54. The lowest BCUT2D eigenvalue weighted by molar-refractivity contribution is 0.502. The molecule has 21 heavy (non-hydrogen) atoms. The van der Waals surface area contributed by atoms with Crippen molar-refractivity contribution in [1.82, 2.24) is 9.55 Å². The fourth-order valence-corrected chi connectivity index (χ4v) is 3.01. The Labute approximate surface area is 124 Å². The number of H-pyrrole nitrogens is 1. The zero-order valence-corrected chi connectivity index (χ0v) is 12.9. The van der Waals surface area contributed by atoms with Gasteiger partial charge in [0.2, 0.25) is 0 Å². The summed E-state index contributed by atoms with van der Waals surface area (Å²) in [6, 6.07) is 0.255. The highest BCUT2D eigenvalue weighted by Crippen LogP contribution is 2.25. The van der Waals surface area contributed by atoms with Gasteiger partial charge in [-0.05, 0) is 31.6 Å². The third-order valence-electron chi connectivity index (χ3n) is 4.29. The van der Waals surface area contributed by atoms with Gasteiger partial charge in [0.15, 0.2) is 0 Å². The predicted molar refractivity (Wildman–Crippen MR) is 85.7 cm³/mol. The average Bonchev–Trinajstić information content (AvgIpc) is 2.64. The minimum absolute atomic E-state index is 0.253. The van der Waals surface area contributed by atoms with Crippen molar-refractivity contribution < 1.29 is 0 Å². The maximum absolute atomic E-state index is 12.0. The van der Waals surface area contributed by atoms with E-state index in [0.29, 0.717) is 12.2 Å². The first-order valence-corrected chi connectivity index (χ1v) is 7.92. The van der Waals surface area contributed by atoms with Crippen molar-refractivity contribution in [2.45, 2.75) is 65.0 Å². The fraction of sp³-hybridized carbons (Fsp3) is 0.733. The smallest absolute Gasteiger partial charge is 0.330 e. The summed E-state index contributed by atoms with van der Waals surface area (Å²) in [6.45, 7) is 4.75. The molecule has 0 aromatic carbocycles. The molecule has 1 fully saturated rings. The molecule has 0 bridgehead atoms. The third-order valence-corrected chi connectivity index (χ3v) is 4.29. The Balaban J connectivity index is 2.25. The molecule has 6 nitrogen and oxygen atoms in total. The topological polar surface area (TPSA) is 92.9 Å². The van der Waals surface area contributed by atoms with Gasteiger partial charge in [-0.1, -0.05) is 26.7 Å². The van der Waals surface area contributed by atoms with Crippen LogP contribution in [0, 0.1) is 5.92 Å². The Kier molecular flexibility index (Phi) is 5.09. The standard InChI is InChI=1S/C15H26N4O2/c1-3-9-19-13(16)12(14(20)18-15(19)21)17-11-6-4-5-10(2)7-8-11/h10-11,17H,3-9,16H2,1-2H3,(H,18,20,21). The number of anilines is 2. The number of nitrogens with zero attached hydrogens (tertiary/aromatic N) is 1. The van der Waals surface area contributed by atoms with Crippen LogP contribution >= 0.6 is 0 Å². The molecule has 6 heteroatoms. The second-order valence-corrected chi connectivity index (χ2v) is 6.13. The molecule has 0 saturated heterocycles. The lowest BCUT2D eigenvalue weighted by Gasteiger charge is -2.20. The Bertz CT molecular complexity index is 590. The summed E-state index contributed by atoms with van der Waals surface area (Å²) < 4.78 is 1.43. The van der Waals surface area contributed by atoms with Crippen molar-refractivity contribution >= 4 is 11.5 Å². The fourth-order valence-electron chi connectivity index (χ4n) is 3.01. The lowest BCUT2D eigenvalue weighted by atomic mass is 10.0. The Morgan fingerprint density at radius 3 is 2.76 bits per heavy atom. The Morgan fingerprint density at radius 2 is 2.05 bits per heavy atom. The van der Waals surface area contributed by atoms with E-state index in [1.165, 1.54) is 11.0 Å². The molecular weight excluding hydrogens is 268 g/mol. The molecular formula is C15H26N4O2. The van der Waals surface area contributed by atoms with Crippen molar-refractivity contribution in [3.05, 3.63) is 20.8 Å². The molecule has 118 valence electrons.